The Morgan fingerprint density at radius 3 is 2.47 bits per heavy atom. The van der Waals surface area contributed by atoms with Gasteiger partial charge in [-0.15, -0.1) is 11.3 Å². The largest absolute Gasteiger partial charge is 0.465 e. The third-order valence-corrected chi connectivity index (χ3v) is 5.35. The normalized spacial score (nSPS) is 24.2. The SMILES string of the molecule is COC(=O)c1cnc(C2CCC(C(C)(C)C)CC2)s1. The molecule has 0 amide bonds. The van der Waals surface area contributed by atoms with Gasteiger partial charge in [0.25, 0.3) is 0 Å². The fourth-order valence-electron chi connectivity index (χ4n) is 2.88. The number of carbonyl (C=O) groups excluding carboxylic acids is 1. The van der Waals surface area contributed by atoms with Gasteiger partial charge in [-0.3, -0.25) is 0 Å². The van der Waals surface area contributed by atoms with E-state index in [9.17, 15) is 4.79 Å². The van der Waals surface area contributed by atoms with Crippen LogP contribution in [-0.4, -0.2) is 18.1 Å². The Morgan fingerprint density at radius 1 is 1.32 bits per heavy atom. The number of carbonyl (C=O) groups is 1. The van der Waals surface area contributed by atoms with Crippen LogP contribution in [0.25, 0.3) is 0 Å². The summed E-state index contributed by atoms with van der Waals surface area (Å²) >= 11 is 1.50. The Hall–Kier alpha value is -0.900. The lowest BCUT2D eigenvalue weighted by Gasteiger charge is -2.36. The van der Waals surface area contributed by atoms with Gasteiger partial charge in [0.1, 0.15) is 4.88 Å². The molecule has 1 aliphatic carbocycles. The first-order valence-corrected chi connectivity index (χ1v) is 7.77. The Morgan fingerprint density at radius 2 is 1.95 bits per heavy atom. The minimum Gasteiger partial charge on any atom is -0.465 e. The van der Waals surface area contributed by atoms with Gasteiger partial charge in [-0.2, -0.15) is 0 Å². The quantitative estimate of drug-likeness (QED) is 0.761. The molecule has 1 aliphatic rings. The summed E-state index contributed by atoms with van der Waals surface area (Å²) in [5, 5.41) is 1.10. The molecular formula is C15H23NO2S. The first kappa shape index (κ1) is 14.5. The van der Waals surface area contributed by atoms with Crippen molar-refractivity contribution in [3.63, 3.8) is 0 Å². The van der Waals surface area contributed by atoms with E-state index in [2.05, 4.69) is 25.8 Å². The predicted molar refractivity (Wildman–Crippen MR) is 77.6 cm³/mol. The molecule has 1 aromatic heterocycles. The highest BCUT2D eigenvalue weighted by molar-refractivity contribution is 7.13. The molecule has 0 atom stereocenters. The van der Waals surface area contributed by atoms with Crippen LogP contribution in [0, 0.1) is 11.3 Å². The number of methoxy groups -OCH3 is 1. The molecular weight excluding hydrogens is 258 g/mol. The second-order valence-electron chi connectivity index (χ2n) is 6.47. The summed E-state index contributed by atoms with van der Waals surface area (Å²) in [5.41, 5.74) is 0.408. The van der Waals surface area contributed by atoms with Crippen LogP contribution in [0.4, 0.5) is 0 Å². The summed E-state index contributed by atoms with van der Waals surface area (Å²) in [5.74, 6) is 1.07. The van der Waals surface area contributed by atoms with Crippen LogP contribution >= 0.6 is 11.3 Å². The summed E-state index contributed by atoms with van der Waals surface area (Å²) in [7, 11) is 1.41. The topological polar surface area (TPSA) is 39.2 Å². The van der Waals surface area contributed by atoms with Crippen LogP contribution in [0.1, 0.15) is 67.1 Å². The van der Waals surface area contributed by atoms with E-state index in [4.69, 9.17) is 4.74 Å². The first-order valence-electron chi connectivity index (χ1n) is 6.96. The number of ether oxygens (including phenoxy) is 1. The van der Waals surface area contributed by atoms with Crippen molar-refractivity contribution in [3.05, 3.63) is 16.1 Å². The van der Waals surface area contributed by atoms with Gasteiger partial charge in [0.15, 0.2) is 0 Å². The van der Waals surface area contributed by atoms with Crippen LogP contribution < -0.4 is 0 Å². The minimum atomic E-state index is -0.271. The highest BCUT2D eigenvalue weighted by Gasteiger charge is 2.31. The molecule has 19 heavy (non-hydrogen) atoms. The Labute approximate surface area is 119 Å². The van der Waals surface area contributed by atoms with Crippen LogP contribution in [0.3, 0.4) is 0 Å². The van der Waals surface area contributed by atoms with Crippen LogP contribution in [-0.2, 0) is 4.74 Å². The molecule has 0 aliphatic heterocycles. The molecule has 0 saturated heterocycles. The number of hydrogen-bond acceptors (Lipinski definition) is 4. The summed E-state index contributed by atoms with van der Waals surface area (Å²) in [6.07, 6.45) is 6.57. The molecule has 0 bridgehead atoms. The van der Waals surface area contributed by atoms with Crippen molar-refractivity contribution in [2.45, 2.75) is 52.4 Å². The average molecular weight is 281 g/mol. The number of aromatic nitrogens is 1. The Kier molecular flexibility index (Phi) is 4.29. The number of thiazole rings is 1. The zero-order valence-corrected chi connectivity index (χ0v) is 13.0. The molecule has 2 rings (SSSR count). The first-order chi connectivity index (χ1) is 8.91. The van der Waals surface area contributed by atoms with E-state index < -0.39 is 0 Å². The molecule has 0 spiro atoms. The van der Waals surface area contributed by atoms with Crippen molar-refractivity contribution >= 4 is 17.3 Å². The molecule has 0 unspecified atom stereocenters. The minimum absolute atomic E-state index is 0.271. The van der Waals surface area contributed by atoms with Crippen molar-refractivity contribution in [2.24, 2.45) is 11.3 Å². The van der Waals surface area contributed by atoms with Crippen molar-refractivity contribution in [2.75, 3.05) is 7.11 Å². The standard InChI is InChI=1S/C15H23NO2S/c1-15(2,3)11-7-5-10(6-8-11)13-16-9-12(19-13)14(17)18-4/h9-11H,5-8H2,1-4H3. The molecule has 106 valence electrons. The van der Waals surface area contributed by atoms with Gasteiger partial charge in [0, 0.05) is 5.92 Å². The van der Waals surface area contributed by atoms with E-state index in [1.54, 1.807) is 6.20 Å². The monoisotopic (exact) mass is 281 g/mol. The number of esters is 1. The third-order valence-electron chi connectivity index (χ3n) is 4.21. The van der Waals surface area contributed by atoms with E-state index in [-0.39, 0.29) is 5.97 Å². The van der Waals surface area contributed by atoms with Crippen LogP contribution in [0.15, 0.2) is 6.20 Å². The molecule has 1 saturated carbocycles. The van der Waals surface area contributed by atoms with E-state index in [1.807, 2.05) is 0 Å². The van der Waals surface area contributed by atoms with Gasteiger partial charge >= 0.3 is 5.97 Å². The third kappa shape index (κ3) is 3.35. The predicted octanol–water partition coefficient (Wildman–Crippen LogP) is 4.25. The Bertz CT molecular complexity index is 439. The number of rotatable bonds is 2. The van der Waals surface area contributed by atoms with Crippen LogP contribution in [0.5, 0.6) is 0 Å². The maximum atomic E-state index is 11.4. The summed E-state index contributed by atoms with van der Waals surface area (Å²) in [6, 6.07) is 0. The van der Waals surface area contributed by atoms with Crippen molar-refractivity contribution in [1.82, 2.24) is 4.98 Å². The number of hydrogen-bond donors (Lipinski definition) is 0. The van der Waals surface area contributed by atoms with Crippen molar-refractivity contribution < 1.29 is 9.53 Å². The highest BCUT2D eigenvalue weighted by Crippen LogP contribution is 2.43. The zero-order valence-electron chi connectivity index (χ0n) is 12.2. The maximum absolute atomic E-state index is 11.4. The summed E-state index contributed by atoms with van der Waals surface area (Å²) in [4.78, 5) is 16.5. The van der Waals surface area contributed by atoms with E-state index in [0.717, 1.165) is 10.9 Å². The summed E-state index contributed by atoms with van der Waals surface area (Å²) < 4.78 is 4.73. The van der Waals surface area contributed by atoms with Gasteiger partial charge in [-0.1, -0.05) is 20.8 Å². The van der Waals surface area contributed by atoms with E-state index >= 15 is 0 Å². The molecule has 4 heteroatoms. The molecule has 0 radical (unpaired) electrons. The second-order valence-corrected chi connectivity index (χ2v) is 7.53. The smallest absolute Gasteiger partial charge is 0.349 e. The molecule has 0 aromatic carbocycles. The fourth-order valence-corrected chi connectivity index (χ4v) is 3.88. The van der Waals surface area contributed by atoms with Crippen molar-refractivity contribution in [3.8, 4) is 0 Å². The summed E-state index contributed by atoms with van der Waals surface area (Å²) in [6.45, 7) is 6.99. The van der Waals surface area contributed by atoms with Gasteiger partial charge in [0.05, 0.1) is 18.3 Å². The average Bonchev–Trinajstić information content (AvgIpc) is 2.86. The molecule has 1 aromatic rings. The highest BCUT2D eigenvalue weighted by atomic mass is 32.1. The molecule has 1 heterocycles. The van der Waals surface area contributed by atoms with Crippen molar-refractivity contribution in [1.29, 1.82) is 0 Å². The molecule has 0 N–H and O–H groups in total. The van der Waals surface area contributed by atoms with Gasteiger partial charge in [-0.25, -0.2) is 9.78 Å². The van der Waals surface area contributed by atoms with E-state index in [1.165, 1.54) is 44.1 Å². The van der Waals surface area contributed by atoms with Gasteiger partial charge < -0.3 is 4.74 Å². The maximum Gasteiger partial charge on any atom is 0.349 e. The molecule has 3 nitrogen and oxygen atoms in total. The van der Waals surface area contributed by atoms with Gasteiger partial charge in [-0.05, 0) is 37.0 Å². The lowest BCUT2D eigenvalue weighted by Crippen LogP contribution is -2.25. The number of nitrogens with zero attached hydrogens (tertiary/aromatic N) is 1. The second kappa shape index (κ2) is 5.61. The fraction of sp³-hybridized carbons (Fsp3) is 0.733. The Balaban J connectivity index is 1.98. The van der Waals surface area contributed by atoms with Gasteiger partial charge in [0.2, 0.25) is 0 Å². The molecule has 1 fully saturated rings. The lowest BCUT2D eigenvalue weighted by molar-refractivity contribution is 0.0606. The van der Waals surface area contributed by atoms with E-state index in [0.29, 0.717) is 16.2 Å². The van der Waals surface area contributed by atoms with Crippen LogP contribution in [0.2, 0.25) is 0 Å². The lowest BCUT2D eigenvalue weighted by atomic mass is 9.70. The zero-order chi connectivity index (χ0) is 14.0.